The Kier molecular flexibility index (Phi) is 3.98. The summed E-state index contributed by atoms with van der Waals surface area (Å²) in [5.74, 6) is 0.426. The summed E-state index contributed by atoms with van der Waals surface area (Å²) in [6.45, 7) is 1.72. The highest BCUT2D eigenvalue weighted by molar-refractivity contribution is 7.99. The third kappa shape index (κ3) is 2.55. The Bertz CT molecular complexity index is 722. The number of rotatable bonds is 4. The molecule has 5 heteroatoms. The van der Waals surface area contributed by atoms with E-state index in [1.165, 1.54) is 17.3 Å². The van der Waals surface area contributed by atoms with E-state index in [-0.39, 0.29) is 6.67 Å². The molecule has 0 aliphatic rings. The van der Waals surface area contributed by atoms with Crippen molar-refractivity contribution in [2.75, 3.05) is 12.4 Å². The molecule has 0 fully saturated rings. The number of aromatic nitrogens is 2. The lowest BCUT2D eigenvalue weighted by molar-refractivity contribution is 0.532. The summed E-state index contributed by atoms with van der Waals surface area (Å²) in [6, 6.07) is 8.40. The molecule has 0 N–H and O–H groups in total. The van der Waals surface area contributed by atoms with E-state index in [9.17, 15) is 4.39 Å². The molecule has 0 bridgehead atoms. The van der Waals surface area contributed by atoms with E-state index in [1.54, 1.807) is 17.7 Å². The molecule has 3 rings (SSSR count). The fourth-order valence-corrected chi connectivity index (χ4v) is 3.76. The molecule has 0 saturated heterocycles. The second-order valence-electron chi connectivity index (χ2n) is 4.41. The number of fused-ring (bicyclic) bond motifs is 1. The SMILES string of the molecule is Cc1ccc(-c2csc3ncnc(SCCF)c23)cc1. The average molecular weight is 304 g/mol. The highest BCUT2D eigenvalue weighted by Crippen LogP contribution is 2.37. The minimum absolute atomic E-state index is 0.347. The lowest BCUT2D eigenvalue weighted by Gasteiger charge is -2.04. The molecular weight excluding hydrogens is 291 g/mol. The number of hydrogen-bond donors (Lipinski definition) is 0. The minimum atomic E-state index is -0.347. The number of alkyl halides is 1. The molecule has 3 aromatic rings. The zero-order valence-electron chi connectivity index (χ0n) is 11.0. The molecule has 0 radical (unpaired) electrons. The minimum Gasteiger partial charge on any atom is -0.250 e. The van der Waals surface area contributed by atoms with E-state index in [2.05, 4.69) is 46.5 Å². The van der Waals surface area contributed by atoms with Gasteiger partial charge < -0.3 is 0 Å². The van der Waals surface area contributed by atoms with E-state index in [4.69, 9.17) is 0 Å². The van der Waals surface area contributed by atoms with Crippen molar-refractivity contribution in [1.29, 1.82) is 0 Å². The summed E-state index contributed by atoms with van der Waals surface area (Å²) in [7, 11) is 0. The number of thiophene rings is 1. The van der Waals surface area contributed by atoms with Crippen molar-refractivity contribution in [3.63, 3.8) is 0 Å². The van der Waals surface area contributed by atoms with E-state index in [0.717, 1.165) is 26.4 Å². The zero-order valence-corrected chi connectivity index (χ0v) is 12.6. The normalized spacial score (nSPS) is 11.1. The van der Waals surface area contributed by atoms with Crippen molar-refractivity contribution >= 4 is 33.3 Å². The summed E-state index contributed by atoms with van der Waals surface area (Å²) < 4.78 is 12.4. The molecule has 2 nitrogen and oxygen atoms in total. The molecule has 2 aromatic heterocycles. The van der Waals surface area contributed by atoms with E-state index in [0.29, 0.717) is 5.75 Å². The molecule has 0 saturated carbocycles. The summed E-state index contributed by atoms with van der Waals surface area (Å²) >= 11 is 3.05. The monoisotopic (exact) mass is 304 g/mol. The van der Waals surface area contributed by atoms with Gasteiger partial charge in [0.05, 0.1) is 12.1 Å². The van der Waals surface area contributed by atoms with Gasteiger partial charge >= 0.3 is 0 Å². The van der Waals surface area contributed by atoms with Crippen LogP contribution in [0, 0.1) is 6.92 Å². The third-order valence-electron chi connectivity index (χ3n) is 3.01. The number of nitrogens with zero attached hydrogens (tertiary/aromatic N) is 2. The first-order valence-corrected chi connectivity index (χ1v) is 8.14. The highest BCUT2D eigenvalue weighted by atomic mass is 32.2. The van der Waals surface area contributed by atoms with Crippen LogP contribution in [0.25, 0.3) is 21.3 Å². The molecule has 0 amide bonds. The van der Waals surface area contributed by atoms with Gasteiger partial charge in [0, 0.05) is 16.7 Å². The topological polar surface area (TPSA) is 25.8 Å². The van der Waals surface area contributed by atoms with Crippen molar-refractivity contribution < 1.29 is 4.39 Å². The van der Waals surface area contributed by atoms with Crippen LogP contribution in [0.15, 0.2) is 41.0 Å². The van der Waals surface area contributed by atoms with E-state index < -0.39 is 0 Å². The predicted molar refractivity (Wildman–Crippen MR) is 84.3 cm³/mol. The molecule has 0 aliphatic carbocycles. The lowest BCUT2D eigenvalue weighted by atomic mass is 10.1. The molecule has 102 valence electrons. The van der Waals surface area contributed by atoms with E-state index >= 15 is 0 Å². The van der Waals surface area contributed by atoms with Gasteiger partial charge in [0.15, 0.2) is 0 Å². The molecule has 20 heavy (non-hydrogen) atoms. The fourth-order valence-electron chi connectivity index (χ4n) is 2.04. The Morgan fingerprint density at radius 3 is 2.75 bits per heavy atom. The standard InChI is InChI=1S/C15H13FN2S2/c1-10-2-4-11(5-3-10)12-8-20-15-13(12)14(17-9-18-15)19-7-6-16/h2-5,8-9H,6-7H2,1H3. The Morgan fingerprint density at radius 1 is 1.20 bits per heavy atom. The van der Waals surface area contributed by atoms with Crippen LogP contribution in [-0.4, -0.2) is 22.4 Å². The summed E-state index contributed by atoms with van der Waals surface area (Å²) in [4.78, 5) is 9.58. The highest BCUT2D eigenvalue weighted by Gasteiger charge is 2.13. The molecule has 0 unspecified atom stereocenters. The van der Waals surface area contributed by atoms with Crippen LogP contribution in [-0.2, 0) is 0 Å². The van der Waals surface area contributed by atoms with Gasteiger partial charge in [0.2, 0.25) is 0 Å². The second-order valence-corrected chi connectivity index (χ2v) is 6.35. The number of benzene rings is 1. The van der Waals surface area contributed by atoms with Crippen LogP contribution in [0.5, 0.6) is 0 Å². The van der Waals surface area contributed by atoms with Gasteiger partial charge in [-0.1, -0.05) is 29.8 Å². The average Bonchev–Trinajstić information content (AvgIpc) is 2.90. The largest absolute Gasteiger partial charge is 0.250 e. The van der Waals surface area contributed by atoms with Gasteiger partial charge in [0.1, 0.15) is 16.2 Å². The van der Waals surface area contributed by atoms with Crippen molar-refractivity contribution in [3.05, 3.63) is 41.5 Å². The molecule has 2 heterocycles. The van der Waals surface area contributed by atoms with Crippen LogP contribution < -0.4 is 0 Å². The fraction of sp³-hybridized carbons (Fsp3) is 0.200. The summed E-state index contributed by atoms with van der Waals surface area (Å²) in [6.07, 6.45) is 1.55. The summed E-state index contributed by atoms with van der Waals surface area (Å²) in [5.41, 5.74) is 3.52. The van der Waals surface area contributed by atoms with Gasteiger partial charge in [0.25, 0.3) is 0 Å². The second kappa shape index (κ2) is 5.89. The van der Waals surface area contributed by atoms with Crippen LogP contribution in [0.1, 0.15) is 5.56 Å². The summed E-state index contributed by atoms with van der Waals surface area (Å²) in [5, 5.41) is 4.01. The Balaban J connectivity index is 2.13. The quantitative estimate of drug-likeness (QED) is 0.515. The predicted octanol–water partition coefficient (Wildman–Crippen LogP) is 4.73. The first kappa shape index (κ1) is 13.5. The molecule has 0 atom stereocenters. The van der Waals surface area contributed by atoms with E-state index in [1.807, 2.05) is 0 Å². The van der Waals surface area contributed by atoms with Crippen molar-refractivity contribution in [1.82, 2.24) is 9.97 Å². The van der Waals surface area contributed by atoms with Crippen molar-refractivity contribution in [3.8, 4) is 11.1 Å². The maximum absolute atomic E-state index is 12.4. The van der Waals surface area contributed by atoms with Gasteiger partial charge in [-0.3, -0.25) is 4.39 Å². The number of thioether (sulfide) groups is 1. The maximum atomic E-state index is 12.4. The van der Waals surface area contributed by atoms with Crippen LogP contribution >= 0.6 is 23.1 Å². The molecule has 0 spiro atoms. The van der Waals surface area contributed by atoms with Gasteiger partial charge in [-0.15, -0.1) is 23.1 Å². The smallest absolute Gasteiger partial charge is 0.128 e. The van der Waals surface area contributed by atoms with Crippen LogP contribution in [0.4, 0.5) is 4.39 Å². The first-order valence-electron chi connectivity index (χ1n) is 6.27. The van der Waals surface area contributed by atoms with Crippen LogP contribution in [0.3, 0.4) is 0 Å². The molecular formula is C15H13FN2S2. The van der Waals surface area contributed by atoms with Gasteiger partial charge in [-0.05, 0) is 12.5 Å². The number of hydrogen-bond acceptors (Lipinski definition) is 4. The Morgan fingerprint density at radius 2 is 2.00 bits per heavy atom. The van der Waals surface area contributed by atoms with Gasteiger partial charge in [-0.2, -0.15) is 0 Å². The Labute approximate surface area is 125 Å². The first-order chi connectivity index (χ1) is 9.79. The zero-order chi connectivity index (χ0) is 13.9. The number of halogens is 1. The van der Waals surface area contributed by atoms with Crippen molar-refractivity contribution in [2.24, 2.45) is 0 Å². The number of aryl methyl sites for hydroxylation is 1. The van der Waals surface area contributed by atoms with Crippen LogP contribution in [0.2, 0.25) is 0 Å². The van der Waals surface area contributed by atoms with Gasteiger partial charge in [-0.25, -0.2) is 9.97 Å². The maximum Gasteiger partial charge on any atom is 0.128 e. The third-order valence-corrected chi connectivity index (χ3v) is 4.84. The molecule has 1 aromatic carbocycles. The Hall–Kier alpha value is -1.46. The lowest BCUT2D eigenvalue weighted by Crippen LogP contribution is -1.88. The molecule has 0 aliphatic heterocycles. The van der Waals surface area contributed by atoms with Crippen molar-refractivity contribution in [2.45, 2.75) is 11.9 Å².